The van der Waals surface area contributed by atoms with Gasteiger partial charge in [-0.15, -0.1) is 5.10 Å². The van der Waals surface area contributed by atoms with Gasteiger partial charge in [-0.2, -0.15) is 0 Å². The van der Waals surface area contributed by atoms with E-state index in [-0.39, 0.29) is 6.54 Å². The molecule has 0 saturated carbocycles. The topological polar surface area (TPSA) is 92.9 Å². The van der Waals surface area contributed by atoms with E-state index in [2.05, 4.69) is 27.8 Å². The number of rotatable bonds is 7. The number of carboxylic acids is 1. The maximum absolute atomic E-state index is 10.3. The first-order valence-corrected chi connectivity index (χ1v) is 4.91. The number of nitrogens with one attached hydrogen (secondary N) is 1. The fourth-order valence-electron chi connectivity index (χ4n) is 1.11. The Hall–Kier alpha value is -1.50. The quantitative estimate of drug-likeness (QED) is 0.643. The Morgan fingerprint density at radius 1 is 1.60 bits per heavy atom. The Balaban J connectivity index is 2.39. The smallest absolute Gasteiger partial charge is 0.317 e. The van der Waals surface area contributed by atoms with Gasteiger partial charge in [0.25, 0.3) is 0 Å². The van der Waals surface area contributed by atoms with E-state index in [1.807, 2.05) is 0 Å². The number of carbonyl (C=O) groups is 1. The number of unbranched alkanes of at least 4 members (excludes halogenated alkanes) is 1. The van der Waals surface area contributed by atoms with Crippen LogP contribution in [0.4, 0.5) is 0 Å². The molecular formula is C8H15N5O2. The molecule has 0 aliphatic rings. The highest BCUT2D eigenvalue weighted by Crippen LogP contribution is 1.96. The van der Waals surface area contributed by atoms with Gasteiger partial charge in [0.1, 0.15) is 0 Å². The number of nitrogens with zero attached hydrogens (tertiary/aromatic N) is 4. The monoisotopic (exact) mass is 213 g/mol. The van der Waals surface area contributed by atoms with Crippen molar-refractivity contribution in [1.29, 1.82) is 0 Å². The maximum atomic E-state index is 10.3. The van der Waals surface area contributed by atoms with Gasteiger partial charge in [0.2, 0.25) is 0 Å². The lowest BCUT2D eigenvalue weighted by Crippen LogP contribution is -2.24. The molecule has 2 N–H and O–H groups in total. The fourth-order valence-corrected chi connectivity index (χ4v) is 1.11. The number of tetrazole rings is 1. The van der Waals surface area contributed by atoms with Gasteiger partial charge in [-0.1, -0.05) is 13.3 Å². The van der Waals surface area contributed by atoms with Crippen molar-refractivity contribution < 1.29 is 9.90 Å². The highest BCUT2D eigenvalue weighted by Gasteiger charge is 2.05. The standard InChI is InChI=1S/C8H15N5O2/c1-2-3-4-13-7(10-11-12-13)5-9-6-8(14)15/h9H,2-6H2,1H3,(H,14,15). The van der Waals surface area contributed by atoms with E-state index in [1.165, 1.54) is 0 Å². The summed E-state index contributed by atoms with van der Waals surface area (Å²) in [5.41, 5.74) is 0. The normalized spacial score (nSPS) is 10.5. The molecule has 7 nitrogen and oxygen atoms in total. The third-order valence-corrected chi connectivity index (χ3v) is 1.89. The van der Waals surface area contributed by atoms with Gasteiger partial charge >= 0.3 is 5.97 Å². The maximum Gasteiger partial charge on any atom is 0.317 e. The van der Waals surface area contributed by atoms with Crippen LogP contribution in [0.3, 0.4) is 0 Å². The van der Waals surface area contributed by atoms with E-state index in [1.54, 1.807) is 4.68 Å². The van der Waals surface area contributed by atoms with Gasteiger partial charge in [0, 0.05) is 6.54 Å². The molecule has 7 heteroatoms. The van der Waals surface area contributed by atoms with Gasteiger partial charge in [0.15, 0.2) is 5.82 Å². The van der Waals surface area contributed by atoms with Gasteiger partial charge < -0.3 is 5.11 Å². The van der Waals surface area contributed by atoms with Crippen molar-refractivity contribution in [2.75, 3.05) is 6.54 Å². The van der Waals surface area contributed by atoms with Gasteiger partial charge in [-0.05, 0) is 16.8 Å². The van der Waals surface area contributed by atoms with Crippen LogP contribution in [0.2, 0.25) is 0 Å². The summed E-state index contributed by atoms with van der Waals surface area (Å²) in [7, 11) is 0. The van der Waals surface area contributed by atoms with Crippen LogP contribution in [0.5, 0.6) is 0 Å². The second-order valence-electron chi connectivity index (χ2n) is 3.17. The number of hydrogen-bond donors (Lipinski definition) is 2. The third-order valence-electron chi connectivity index (χ3n) is 1.89. The molecule has 0 aromatic carbocycles. The van der Waals surface area contributed by atoms with E-state index in [0.717, 1.165) is 19.4 Å². The van der Waals surface area contributed by atoms with Crippen molar-refractivity contribution in [3.63, 3.8) is 0 Å². The van der Waals surface area contributed by atoms with Crippen LogP contribution in [0.15, 0.2) is 0 Å². The Kier molecular flexibility index (Phi) is 4.69. The summed E-state index contributed by atoms with van der Waals surface area (Å²) >= 11 is 0. The van der Waals surface area contributed by atoms with Crippen molar-refractivity contribution >= 4 is 5.97 Å². The molecule has 0 aliphatic carbocycles. The van der Waals surface area contributed by atoms with Crippen LogP contribution in [0, 0.1) is 0 Å². The third kappa shape index (κ3) is 4.03. The van der Waals surface area contributed by atoms with Crippen LogP contribution in [0.25, 0.3) is 0 Å². The zero-order valence-electron chi connectivity index (χ0n) is 8.68. The molecule has 0 amide bonds. The second kappa shape index (κ2) is 6.07. The van der Waals surface area contributed by atoms with E-state index in [4.69, 9.17) is 5.11 Å². The number of carboxylic acid groups (broad SMARTS) is 1. The van der Waals surface area contributed by atoms with Crippen molar-refractivity contribution in [2.24, 2.45) is 0 Å². The van der Waals surface area contributed by atoms with Gasteiger partial charge in [0.05, 0.1) is 13.1 Å². The summed E-state index contributed by atoms with van der Waals surface area (Å²) < 4.78 is 1.69. The first-order valence-electron chi connectivity index (χ1n) is 4.91. The van der Waals surface area contributed by atoms with Crippen LogP contribution in [-0.4, -0.2) is 37.8 Å². The number of hydrogen-bond acceptors (Lipinski definition) is 5. The molecule has 84 valence electrons. The minimum atomic E-state index is -0.886. The number of aryl methyl sites for hydroxylation is 1. The van der Waals surface area contributed by atoms with Crippen molar-refractivity contribution in [1.82, 2.24) is 25.5 Å². The highest BCUT2D eigenvalue weighted by molar-refractivity contribution is 5.68. The molecule has 1 rings (SSSR count). The van der Waals surface area contributed by atoms with E-state index >= 15 is 0 Å². The summed E-state index contributed by atoms with van der Waals surface area (Å²) in [6.07, 6.45) is 2.08. The Bertz CT molecular complexity index is 312. The lowest BCUT2D eigenvalue weighted by Gasteiger charge is -2.03. The zero-order chi connectivity index (χ0) is 11.1. The average Bonchev–Trinajstić information content (AvgIpc) is 2.62. The molecular weight excluding hydrogens is 198 g/mol. The summed E-state index contributed by atoms with van der Waals surface area (Å²) in [6.45, 7) is 3.16. The summed E-state index contributed by atoms with van der Waals surface area (Å²) in [4.78, 5) is 10.3. The SMILES string of the molecule is CCCCn1nnnc1CNCC(=O)O. The second-order valence-corrected chi connectivity index (χ2v) is 3.17. The average molecular weight is 213 g/mol. The van der Waals surface area contributed by atoms with Crippen LogP contribution >= 0.6 is 0 Å². The molecule has 0 unspecified atom stereocenters. The Morgan fingerprint density at radius 2 is 2.40 bits per heavy atom. The van der Waals surface area contributed by atoms with Crippen LogP contribution < -0.4 is 5.32 Å². The van der Waals surface area contributed by atoms with Crippen molar-refractivity contribution in [3.05, 3.63) is 5.82 Å². The summed E-state index contributed by atoms with van der Waals surface area (Å²) in [5.74, 6) is -0.215. The molecule has 0 saturated heterocycles. The molecule has 0 aliphatic heterocycles. The predicted octanol–water partition coefficient (Wildman–Crippen LogP) is -0.353. The molecule has 0 spiro atoms. The van der Waals surface area contributed by atoms with Crippen molar-refractivity contribution in [3.8, 4) is 0 Å². The molecule has 1 heterocycles. The number of aromatic nitrogens is 4. The van der Waals surface area contributed by atoms with E-state index in [9.17, 15) is 4.79 Å². The van der Waals surface area contributed by atoms with Crippen LogP contribution in [-0.2, 0) is 17.9 Å². The first-order chi connectivity index (χ1) is 7.24. The molecule has 0 radical (unpaired) electrons. The molecule has 0 bridgehead atoms. The Labute approximate surface area is 87.5 Å². The highest BCUT2D eigenvalue weighted by atomic mass is 16.4. The molecule has 0 fully saturated rings. The molecule has 0 atom stereocenters. The lowest BCUT2D eigenvalue weighted by molar-refractivity contribution is -0.136. The van der Waals surface area contributed by atoms with Gasteiger partial charge in [-0.25, -0.2) is 4.68 Å². The fraction of sp³-hybridized carbons (Fsp3) is 0.750. The summed E-state index contributed by atoms with van der Waals surface area (Å²) in [6, 6.07) is 0. The minimum absolute atomic E-state index is 0.0827. The molecule has 1 aromatic rings. The Morgan fingerprint density at radius 3 is 3.07 bits per heavy atom. The van der Waals surface area contributed by atoms with E-state index < -0.39 is 5.97 Å². The van der Waals surface area contributed by atoms with Gasteiger partial charge in [-0.3, -0.25) is 10.1 Å². The first kappa shape index (κ1) is 11.6. The predicted molar refractivity (Wildman–Crippen MR) is 52.1 cm³/mol. The number of aliphatic carboxylic acids is 1. The minimum Gasteiger partial charge on any atom is -0.480 e. The molecule has 15 heavy (non-hydrogen) atoms. The molecule has 1 aromatic heterocycles. The lowest BCUT2D eigenvalue weighted by atomic mass is 10.3. The van der Waals surface area contributed by atoms with Crippen molar-refractivity contribution in [2.45, 2.75) is 32.9 Å². The zero-order valence-corrected chi connectivity index (χ0v) is 8.68. The largest absolute Gasteiger partial charge is 0.480 e. The van der Waals surface area contributed by atoms with Crippen LogP contribution in [0.1, 0.15) is 25.6 Å². The summed E-state index contributed by atoms with van der Waals surface area (Å²) in [5, 5.41) is 22.4. The van der Waals surface area contributed by atoms with E-state index in [0.29, 0.717) is 12.4 Å².